The van der Waals surface area contributed by atoms with Gasteiger partial charge >= 0.3 is 0 Å². The Labute approximate surface area is 243 Å². The number of nitriles is 1. The number of hydrogen-bond donors (Lipinski definition) is 3. The van der Waals surface area contributed by atoms with Gasteiger partial charge in [0, 0.05) is 22.8 Å². The van der Waals surface area contributed by atoms with Gasteiger partial charge in [-0.25, -0.2) is 9.07 Å². The van der Waals surface area contributed by atoms with E-state index in [-0.39, 0.29) is 0 Å². The molecular weight excluding hydrogens is 601 g/mol. The van der Waals surface area contributed by atoms with Gasteiger partial charge in [0.2, 0.25) is 0 Å². The number of anilines is 1. The Morgan fingerprint density at radius 2 is 2.10 bits per heavy atom. The number of amides is 1. The molecule has 1 amide bonds. The molecule has 3 aromatic rings. The maximum atomic E-state index is 14.4. The van der Waals surface area contributed by atoms with Crippen molar-refractivity contribution in [3.8, 4) is 17.3 Å². The summed E-state index contributed by atoms with van der Waals surface area (Å²) >= 11 is 3.40. The third kappa shape index (κ3) is 5.76. The monoisotopic (exact) mass is 629 g/mol. The molecule has 13 heteroatoms. The summed E-state index contributed by atoms with van der Waals surface area (Å²) in [6, 6.07) is 11.1. The number of aliphatic hydroxyl groups is 3. The van der Waals surface area contributed by atoms with Crippen LogP contribution in [0.5, 0.6) is 0 Å². The lowest BCUT2D eigenvalue weighted by molar-refractivity contribution is -0.211. The number of ether oxygens (including phenoxy) is 2. The number of carbonyl (C=O) groups excluding carboxylic acids is 1. The second kappa shape index (κ2) is 12.3. The Kier molecular flexibility index (Phi) is 8.79. The van der Waals surface area contributed by atoms with Gasteiger partial charge in [-0.1, -0.05) is 33.3 Å². The van der Waals surface area contributed by atoms with Gasteiger partial charge in [0.25, 0.3) is 5.91 Å². The van der Waals surface area contributed by atoms with Crippen molar-refractivity contribution in [2.24, 2.45) is 0 Å². The van der Waals surface area contributed by atoms with E-state index in [0.29, 0.717) is 46.2 Å². The van der Waals surface area contributed by atoms with Gasteiger partial charge in [-0.05, 0) is 49.6 Å². The summed E-state index contributed by atoms with van der Waals surface area (Å²) in [6.07, 6.45) is -2.59. The van der Waals surface area contributed by atoms with Crippen molar-refractivity contribution in [1.29, 1.82) is 5.26 Å². The highest BCUT2D eigenvalue weighted by molar-refractivity contribution is 9.10. The number of carbonyl (C=O) groups is 1. The molecule has 41 heavy (non-hydrogen) atoms. The van der Waals surface area contributed by atoms with Crippen LogP contribution >= 0.6 is 15.9 Å². The molecule has 1 aliphatic heterocycles. The molecule has 1 aliphatic carbocycles. The van der Waals surface area contributed by atoms with E-state index in [9.17, 15) is 29.8 Å². The van der Waals surface area contributed by atoms with Crippen LogP contribution in [0.2, 0.25) is 0 Å². The molecule has 5 rings (SSSR count). The first kappa shape index (κ1) is 29.2. The van der Waals surface area contributed by atoms with E-state index in [4.69, 9.17) is 9.47 Å². The highest BCUT2D eigenvalue weighted by Gasteiger charge is 2.52. The van der Waals surface area contributed by atoms with E-state index in [0.717, 1.165) is 0 Å². The molecule has 11 nitrogen and oxygen atoms in total. The van der Waals surface area contributed by atoms with Crippen LogP contribution in [0.4, 0.5) is 10.1 Å². The van der Waals surface area contributed by atoms with Gasteiger partial charge in [-0.15, -0.1) is 5.10 Å². The van der Waals surface area contributed by atoms with Crippen LogP contribution in [0, 0.1) is 17.1 Å². The molecule has 1 saturated carbocycles. The Bertz CT molecular complexity index is 1450. The van der Waals surface area contributed by atoms with Crippen molar-refractivity contribution in [3.05, 3.63) is 64.5 Å². The number of nitrogens with zero attached hydrogens (tertiary/aromatic N) is 5. The summed E-state index contributed by atoms with van der Waals surface area (Å²) in [5.41, 5.74) is 1.47. The third-order valence-corrected chi connectivity index (χ3v) is 8.08. The second-order valence-electron chi connectivity index (χ2n) is 10.1. The molecule has 2 aromatic carbocycles. The smallest absolute Gasteiger partial charge is 0.259 e. The number of aliphatic hydroxyl groups excluding tert-OH is 3. The van der Waals surface area contributed by atoms with Crippen LogP contribution in [-0.4, -0.2) is 86.5 Å². The first-order valence-corrected chi connectivity index (χ1v) is 13.9. The Hall–Kier alpha value is -3.25. The minimum atomic E-state index is -1.35. The average molecular weight is 630 g/mol. The van der Waals surface area contributed by atoms with E-state index in [1.54, 1.807) is 24.3 Å². The molecule has 3 N–H and O–H groups in total. The first-order chi connectivity index (χ1) is 19.7. The summed E-state index contributed by atoms with van der Waals surface area (Å²) < 4.78 is 27.4. The van der Waals surface area contributed by atoms with Crippen LogP contribution in [0.3, 0.4) is 0 Å². The van der Waals surface area contributed by atoms with Crippen molar-refractivity contribution in [3.63, 3.8) is 0 Å². The predicted molar refractivity (Wildman–Crippen MR) is 147 cm³/mol. The molecule has 2 heterocycles. The highest BCUT2D eigenvalue weighted by Crippen LogP contribution is 2.37. The van der Waals surface area contributed by atoms with Crippen molar-refractivity contribution in [2.75, 3.05) is 18.6 Å². The van der Waals surface area contributed by atoms with Crippen LogP contribution in [0.15, 0.2) is 53.1 Å². The molecule has 216 valence electrons. The molecule has 1 saturated heterocycles. The fraction of sp³-hybridized carbons (Fsp3) is 0.429. The van der Waals surface area contributed by atoms with E-state index >= 15 is 0 Å². The lowest BCUT2D eigenvalue weighted by Gasteiger charge is -2.45. The second-order valence-corrected chi connectivity index (χ2v) is 11.1. The largest absolute Gasteiger partial charge is 0.394 e. The number of methoxy groups -OCH3 is 1. The van der Waals surface area contributed by atoms with Crippen LogP contribution < -0.4 is 4.90 Å². The number of halogens is 2. The van der Waals surface area contributed by atoms with Crippen LogP contribution in [0.1, 0.15) is 30.9 Å². The van der Waals surface area contributed by atoms with E-state index in [1.165, 1.54) is 41.1 Å². The fourth-order valence-electron chi connectivity index (χ4n) is 5.68. The van der Waals surface area contributed by atoms with E-state index < -0.39 is 60.9 Å². The minimum absolute atomic E-state index is 0.307. The zero-order valence-electron chi connectivity index (χ0n) is 22.0. The van der Waals surface area contributed by atoms with Gasteiger partial charge in [0.1, 0.15) is 35.9 Å². The Morgan fingerprint density at radius 1 is 1.29 bits per heavy atom. The summed E-state index contributed by atoms with van der Waals surface area (Å²) in [5.74, 6) is -1.03. The van der Waals surface area contributed by atoms with E-state index in [2.05, 4.69) is 32.3 Å². The topological polar surface area (TPSA) is 154 Å². The number of hydrogen-bond acceptors (Lipinski definition) is 9. The van der Waals surface area contributed by atoms with Crippen LogP contribution in [-0.2, 0) is 14.3 Å². The standard InChI is InChI=1S/C28H29BrFN5O6/c1-40-26-24(34-13-20(32-33-34)16-4-2-5-18(30)10-16)25(38)23(14-36)41-27(26)28(39)35(21-6-3-7-22(21)37)19-9-15(12-31)8-17(29)11-19/h2,4-5,8-11,13,21-27,36-38H,3,6-7,14H2,1H3/t21-,22-,23+,24-,25-,26+,27+/m0/s1. The fourth-order valence-corrected chi connectivity index (χ4v) is 6.16. The summed E-state index contributed by atoms with van der Waals surface area (Å²) in [5, 5.41) is 49.9. The molecule has 0 bridgehead atoms. The van der Waals surface area contributed by atoms with Gasteiger partial charge in [0.05, 0.1) is 36.6 Å². The molecule has 2 fully saturated rings. The first-order valence-electron chi connectivity index (χ1n) is 13.1. The Morgan fingerprint density at radius 3 is 2.76 bits per heavy atom. The number of aromatic nitrogens is 3. The molecule has 2 aliphatic rings. The SMILES string of the molecule is CO[C@@H]1[C@@H](n2cc(-c3cccc(F)c3)nn2)[C@@H](O)[C@@H](CO)O[C@H]1C(=O)N(c1cc(Br)cc(C#N)c1)[C@H]1CCC[C@@H]1O. The van der Waals surface area contributed by atoms with E-state index in [1.807, 2.05) is 0 Å². The zero-order chi connectivity index (χ0) is 29.3. The van der Waals surface area contributed by atoms with Gasteiger partial charge in [-0.2, -0.15) is 5.26 Å². The van der Waals surface area contributed by atoms with Gasteiger partial charge in [-0.3, -0.25) is 4.79 Å². The molecule has 0 radical (unpaired) electrons. The van der Waals surface area contributed by atoms with Crippen molar-refractivity contribution in [2.45, 2.75) is 61.9 Å². The zero-order valence-corrected chi connectivity index (χ0v) is 23.6. The average Bonchev–Trinajstić information content (AvgIpc) is 3.62. The summed E-state index contributed by atoms with van der Waals surface area (Å²) in [4.78, 5) is 15.8. The minimum Gasteiger partial charge on any atom is -0.394 e. The predicted octanol–water partition coefficient (Wildman–Crippen LogP) is 2.34. The number of benzene rings is 2. The van der Waals surface area contributed by atoms with Gasteiger partial charge in [0.15, 0.2) is 6.10 Å². The normalized spacial score (nSPS) is 27.9. The Balaban J connectivity index is 1.55. The summed E-state index contributed by atoms with van der Waals surface area (Å²) in [7, 11) is 1.36. The van der Waals surface area contributed by atoms with Crippen molar-refractivity contribution >= 4 is 27.5 Å². The quantitative estimate of drug-likeness (QED) is 0.357. The van der Waals surface area contributed by atoms with Crippen molar-refractivity contribution < 1.29 is 34.0 Å². The van der Waals surface area contributed by atoms with Crippen LogP contribution in [0.25, 0.3) is 11.3 Å². The van der Waals surface area contributed by atoms with Gasteiger partial charge < -0.3 is 29.7 Å². The van der Waals surface area contributed by atoms with Crippen molar-refractivity contribution in [1.82, 2.24) is 15.0 Å². The molecular formula is C28H29BrFN5O6. The lowest BCUT2D eigenvalue weighted by Crippen LogP contribution is -2.62. The summed E-state index contributed by atoms with van der Waals surface area (Å²) in [6.45, 7) is -0.606. The third-order valence-electron chi connectivity index (χ3n) is 7.62. The molecule has 7 atom stereocenters. The maximum absolute atomic E-state index is 14.4. The molecule has 1 aromatic heterocycles. The number of rotatable bonds is 7. The maximum Gasteiger partial charge on any atom is 0.259 e. The molecule has 0 unspecified atom stereocenters. The highest BCUT2D eigenvalue weighted by atomic mass is 79.9. The lowest BCUT2D eigenvalue weighted by atomic mass is 9.91. The molecule has 0 spiro atoms.